The number of carbonyl (C=O) groups excluding carboxylic acids is 1. The summed E-state index contributed by atoms with van der Waals surface area (Å²) < 4.78 is 0. The maximum atomic E-state index is 11.6. The average Bonchev–Trinajstić information content (AvgIpc) is 2.80. The molecule has 0 aliphatic heterocycles. The highest BCUT2D eigenvalue weighted by molar-refractivity contribution is 5.77. The average molecular weight is 262 g/mol. The molecule has 104 valence electrons. The van der Waals surface area contributed by atoms with Gasteiger partial charge in [-0.05, 0) is 49.1 Å². The molecule has 0 spiro atoms. The fourth-order valence-corrected chi connectivity index (χ4v) is 2.86. The molecule has 1 amide bonds. The number of hydrogen-bond acceptors (Lipinski definition) is 3. The first-order valence-corrected chi connectivity index (χ1v) is 6.92. The van der Waals surface area contributed by atoms with Crippen LogP contribution in [0.25, 0.3) is 0 Å². The van der Waals surface area contributed by atoms with Gasteiger partial charge in [-0.2, -0.15) is 0 Å². The molecule has 1 atom stereocenters. The van der Waals surface area contributed by atoms with Gasteiger partial charge >= 0.3 is 0 Å². The van der Waals surface area contributed by atoms with Crippen LogP contribution in [0.15, 0.2) is 18.2 Å². The number of phenols is 1. The second kappa shape index (κ2) is 6.06. The highest BCUT2D eigenvalue weighted by atomic mass is 16.3. The molecule has 1 aliphatic rings. The molecule has 0 fully saturated rings. The number of nitrogens with zero attached hydrogens (tertiary/aromatic N) is 1. The van der Waals surface area contributed by atoms with Crippen LogP contribution in [0.3, 0.4) is 0 Å². The number of benzene rings is 1. The monoisotopic (exact) mass is 262 g/mol. The highest BCUT2D eigenvalue weighted by Gasteiger charge is 2.28. The number of phenolic OH excluding ortho intramolecular Hbond substituents is 1. The Kier molecular flexibility index (Phi) is 4.43. The molecule has 4 heteroatoms. The van der Waals surface area contributed by atoms with Gasteiger partial charge in [-0.3, -0.25) is 9.69 Å². The predicted molar refractivity (Wildman–Crippen MR) is 75.1 cm³/mol. The Balaban J connectivity index is 2.18. The van der Waals surface area contributed by atoms with Gasteiger partial charge in [0.15, 0.2) is 0 Å². The summed E-state index contributed by atoms with van der Waals surface area (Å²) in [5, 5.41) is 12.2. The van der Waals surface area contributed by atoms with Crippen LogP contribution in [0.1, 0.15) is 36.9 Å². The molecular weight excluding hydrogens is 240 g/mol. The van der Waals surface area contributed by atoms with Gasteiger partial charge in [-0.15, -0.1) is 0 Å². The van der Waals surface area contributed by atoms with Crippen molar-refractivity contribution in [3.8, 4) is 5.75 Å². The predicted octanol–water partition coefficient (Wildman–Crippen LogP) is 1.84. The molecule has 1 aromatic rings. The molecule has 0 heterocycles. The molecule has 1 unspecified atom stereocenters. The lowest BCUT2D eigenvalue weighted by molar-refractivity contribution is -0.122. The van der Waals surface area contributed by atoms with Gasteiger partial charge in [0.1, 0.15) is 5.75 Å². The minimum absolute atomic E-state index is 0.0562. The molecule has 2 rings (SSSR count). The Labute approximate surface area is 114 Å². The minimum atomic E-state index is 0.0562. The molecule has 4 nitrogen and oxygen atoms in total. The van der Waals surface area contributed by atoms with Crippen LogP contribution in [-0.4, -0.2) is 36.1 Å². The van der Waals surface area contributed by atoms with E-state index in [1.807, 2.05) is 12.1 Å². The summed E-state index contributed by atoms with van der Waals surface area (Å²) in [7, 11) is 1.67. The molecule has 1 aliphatic carbocycles. The van der Waals surface area contributed by atoms with Crippen LogP contribution in [0.5, 0.6) is 5.75 Å². The van der Waals surface area contributed by atoms with Crippen molar-refractivity contribution in [3.05, 3.63) is 29.3 Å². The van der Waals surface area contributed by atoms with E-state index in [-0.39, 0.29) is 5.91 Å². The molecule has 2 N–H and O–H groups in total. The maximum Gasteiger partial charge on any atom is 0.233 e. The lowest BCUT2D eigenvalue weighted by Gasteiger charge is -2.28. The van der Waals surface area contributed by atoms with E-state index in [2.05, 4.69) is 17.1 Å². The molecule has 0 saturated heterocycles. The van der Waals surface area contributed by atoms with Crippen molar-refractivity contribution in [1.29, 1.82) is 0 Å². The SMILES string of the molecule is CCCN(CC(=O)NC)C1CCc2cc(O)ccc21. The van der Waals surface area contributed by atoms with Gasteiger partial charge in [0.25, 0.3) is 0 Å². The van der Waals surface area contributed by atoms with E-state index in [9.17, 15) is 9.90 Å². The second-order valence-electron chi connectivity index (χ2n) is 5.08. The Bertz CT molecular complexity index is 459. The topological polar surface area (TPSA) is 52.6 Å². The highest BCUT2D eigenvalue weighted by Crippen LogP contribution is 2.37. The first-order chi connectivity index (χ1) is 9.15. The largest absolute Gasteiger partial charge is 0.508 e. The fraction of sp³-hybridized carbons (Fsp3) is 0.533. The smallest absolute Gasteiger partial charge is 0.233 e. The molecule has 0 radical (unpaired) electrons. The van der Waals surface area contributed by atoms with Crippen molar-refractivity contribution in [2.45, 2.75) is 32.2 Å². The van der Waals surface area contributed by atoms with E-state index in [0.29, 0.717) is 18.3 Å². The first-order valence-electron chi connectivity index (χ1n) is 6.92. The number of aromatic hydroxyl groups is 1. The van der Waals surface area contributed by atoms with E-state index in [0.717, 1.165) is 25.8 Å². The summed E-state index contributed by atoms with van der Waals surface area (Å²) in [6.07, 6.45) is 3.03. The van der Waals surface area contributed by atoms with Gasteiger partial charge in [0.05, 0.1) is 6.54 Å². The second-order valence-corrected chi connectivity index (χ2v) is 5.08. The molecular formula is C15H22N2O2. The number of hydrogen-bond donors (Lipinski definition) is 2. The van der Waals surface area contributed by atoms with Crippen molar-refractivity contribution < 1.29 is 9.90 Å². The van der Waals surface area contributed by atoms with Gasteiger partial charge in [-0.1, -0.05) is 13.0 Å². The summed E-state index contributed by atoms with van der Waals surface area (Å²) in [6, 6.07) is 5.88. The van der Waals surface area contributed by atoms with E-state index in [1.54, 1.807) is 13.1 Å². The number of rotatable bonds is 5. The van der Waals surface area contributed by atoms with Gasteiger partial charge < -0.3 is 10.4 Å². The lowest BCUT2D eigenvalue weighted by atomic mass is 10.1. The van der Waals surface area contributed by atoms with Crippen LogP contribution in [0.2, 0.25) is 0 Å². The summed E-state index contributed by atoms with van der Waals surface area (Å²) in [5.74, 6) is 0.383. The van der Waals surface area contributed by atoms with Crippen molar-refractivity contribution >= 4 is 5.91 Å². The molecule has 1 aromatic carbocycles. The third kappa shape index (κ3) is 3.07. The third-order valence-electron chi connectivity index (χ3n) is 3.75. The van der Waals surface area contributed by atoms with Crippen molar-refractivity contribution in [1.82, 2.24) is 10.2 Å². The number of likely N-dealkylation sites (N-methyl/N-ethyl adjacent to an activating group) is 1. The summed E-state index contributed by atoms with van der Waals surface area (Å²) in [5.41, 5.74) is 2.47. The first kappa shape index (κ1) is 13.9. The van der Waals surface area contributed by atoms with Crippen LogP contribution in [0.4, 0.5) is 0 Å². The van der Waals surface area contributed by atoms with Crippen molar-refractivity contribution in [2.75, 3.05) is 20.1 Å². The van der Waals surface area contributed by atoms with Gasteiger partial charge in [0.2, 0.25) is 5.91 Å². The van der Waals surface area contributed by atoms with Gasteiger partial charge in [-0.25, -0.2) is 0 Å². The Morgan fingerprint density at radius 2 is 2.32 bits per heavy atom. The molecule has 0 bridgehead atoms. The standard InChI is InChI=1S/C15H22N2O2/c1-3-8-17(10-15(19)16-2)14-7-4-11-9-12(18)5-6-13(11)14/h5-6,9,14,18H,3-4,7-8,10H2,1-2H3,(H,16,19). The number of amides is 1. The van der Waals surface area contributed by atoms with E-state index < -0.39 is 0 Å². The van der Waals surface area contributed by atoms with Gasteiger partial charge in [0, 0.05) is 13.1 Å². The van der Waals surface area contributed by atoms with Crippen molar-refractivity contribution in [3.63, 3.8) is 0 Å². The Hall–Kier alpha value is -1.55. The zero-order valence-corrected chi connectivity index (χ0v) is 11.6. The normalized spacial score (nSPS) is 17.5. The van der Waals surface area contributed by atoms with E-state index >= 15 is 0 Å². The zero-order chi connectivity index (χ0) is 13.8. The van der Waals surface area contributed by atoms with Crippen LogP contribution >= 0.6 is 0 Å². The zero-order valence-electron chi connectivity index (χ0n) is 11.6. The fourth-order valence-electron chi connectivity index (χ4n) is 2.86. The summed E-state index contributed by atoms with van der Waals surface area (Å²) >= 11 is 0. The third-order valence-corrected chi connectivity index (χ3v) is 3.75. The van der Waals surface area contributed by atoms with E-state index in [4.69, 9.17) is 0 Å². The molecule has 0 aromatic heterocycles. The Morgan fingerprint density at radius 3 is 3.00 bits per heavy atom. The van der Waals surface area contributed by atoms with E-state index in [1.165, 1.54) is 11.1 Å². The summed E-state index contributed by atoms with van der Waals surface area (Å²) in [4.78, 5) is 13.9. The number of aryl methyl sites for hydroxylation is 1. The van der Waals surface area contributed by atoms with Crippen LogP contribution < -0.4 is 5.32 Å². The van der Waals surface area contributed by atoms with Crippen LogP contribution in [0, 0.1) is 0 Å². The molecule has 0 saturated carbocycles. The number of carbonyl (C=O) groups is 1. The quantitative estimate of drug-likeness (QED) is 0.851. The minimum Gasteiger partial charge on any atom is -0.508 e. The maximum absolute atomic E-state index is 11.6. The summed E-state index contributed by atoms with van der Waals surface area (Å²) in [6.45, 7) is 3.48. The molecule has 19 heavy (non-hydrogen) atoms. The van der Waals surface area contributed by atoms with Crippen LogP contribution in [-0.2, 0) is 11.2 Å². The number of fused-ring (bicyclic) bond motifs is 1. The Morgan fingerprint density at radius 1 is 1.53 bits per heavy atom. The lowest BCUT2D eigenvalue weighted by Crippen LogP contribution is -2.38. The van der Waals surface area contributed by atoms with Crippen molar-refractivity contribution in [2.24, 2.45) is 0 Å². The number of nitrogens with one attached hydrogen (secondary N) is 1.